The molecule has 0 unspecified atom stereocenters. The van der Waals surface area contributed by atoms with Crippen molar-refractivity contribution in [1.82, 2.24) is 24.6 Å². The Balaban J connectivity index is 2.21. The fourth-order valence-corrected chi connectivity index (χ4v) is 1.73. The van der Waals surface area contributed by atoms with E-state index < -0.39 is 0 Å². The number of nitrogens with two attached hydrogens (primary N) is 1. The Bertz CT molecular complexity index is 538. The summed E-state index contributed by atoms with van der Waals surface area (Å²) in [6.07, 6.45) is 1.68. The Kier molecular flexibility index (Phi) is 3.73. The summed E-state index contributed by atoms with van der Waals surface area (Å²) in [5.74, 6) is 1.17. The number of fused-ring (bicyclic) bond motifs is 1. The first kappa shape index (κ1) is 12.7. The lowest BCUT2D eigenvalue weighted by atomic mass is 10.4. The molecule has 0 saturated carbocycles. The highest BCUT2D eigenvalue weighted by atomic mass is 16.5. The molecule has 7 nitrogen and oxygen atoms in total. The normalized spacial score (nSPS) is 11.6. The average molecular weight is 250 g/mol. The van der Waals surface area contributed by atoms with E-state index in [4.69, 9.17) is 10.5 Å². The number of likely N-dealkylation sites (N-methyl/N-ethyl adjacent to an activating group) is 1. The van der Waals surface area contributed by atoms with E-state index >= 15 is 0 Å². The third-order valence-electron chi connectivity index (χ3n) is 2.76. The molecule has 2 heterocycles. The number of nitrogen functional groups attached to an aromatic ring is 1. The van der Waals surface area contributed by atoms with Gasteiger partial charge in [-0.25, -0.2) is 9.97 Å². The van der Waals surface area contributed by atoms with Crippen molar-refractivity contribution in [3.8, 4) is 0 Å². The Hall–Kier alpha value is -1.73. The Morgan fingerprint density at radius 2 is 2.22 bits per heavy atom. The maximum absolute atomic E-state index is 5.90. The van der Waals surface area contributed by atoms with Crippen molar-refractivity contribution >= 4 is 16.9 Å². The summed E-state index contributed by atoms with van der Waals surface area (Å²) in [5.41, 5.74) is 6.66. The minimum absolute atomic E-state index is 0.475. The highest BCUT2D eigenvalue weighted by Crippen LogP contribution is 2.16. The molecule has 0 saturated heterocycles. The number of nitrogens with zero attached hydrogens (tertiary/aromatic N) is 5. The highest BCUT2D eigenvalue weighted by Gasteiger charge is 2.10. The van der Waals surface area contributed by atoms with E-state index in [9.17, 15) is 0 Å². The van der Waals surface area contributed by atoms with Gasteiger partial charge in [-0.1, -0.05) is 0 Å². The van der Waals surface area contributed by atoms with Crippen LogP contribution < -0.4 is 5.73 Å². The molecule has 7 heteroatoms. The van der Waals surface area contributed by atoms with E-state index in [2.05, 4.69) is 20.0 Å². The minimum Gasteiger partial charge on any atom is -0.383 e. The van der Waals surface area contributed by atoms with Crippen molar-refractivity contribution in [3.63, 3.8) is 0 Å². The summed E-state index contributed by atoms with van der Waals surface area (Å²) in [7, 11) is 5.52. The molecule has 0 aromatic carbocycles. The second kappa shape index (κ2) is 5.28. The predicted molar refractivity (Wildman–Crippen MR) is 68.9 cm³/mol. The first-order chi connectivity index (χ1) is 8.61. The average Bonchev–Trinajstić information content (AvgIpc) is 2.69. The van der Waals surface area contributed by atoms with Crippen LogP contribution in [0.15, 0.2) is 6.20 Å². The third kappa shape index (κ3) is 2.57. The van der Waals surface area contributed by atoms with Crippen LogP contribution in [0.4, 0.5) is 5.82 Å². The number of rotatable bonds is 5. The van der Waals surface area contributed by atoms with Gasteiger partial charge in [0.2, 0.25) is 0 Å². The van der Waals surface area contributed by atoms with Crippen LogP contribution in [0.5, 0.6) is 0 Å². The Morgan fingerprint density at radius 1 is 1.44 bits per heavy atom. The molecule has 18 heavy (non-hydrogen) atoms. The summed E-state index contributed by atoms with van der Waals surface area (Å²) in [6.45, 7) is 2.14. The van der Waals surface area contributed by atoms with Crippen molar-refractivity contribution < 1.29 is 4.74 Å². The quantitative estimate of drug-likeness (QED) is 0.806. The lowest BCUT2D eigenvalue weighted by Gasteiger charge is -2.15. The van der Waals surface area contributed by atoms with Gasteiger partial charge in [0.05, 0.1) is 24.7 Å². The fraction of sp³-hybridized carbons (Fsp3) is 0.545. The van der Waals surface area contributed by atoms with Gasteiger partial charge in [-0.15, -0.1) is 0 Å². The van der Waals surface area contributed by atoms with Gasteiger partial charge in [-0.2, -0.15) is 5.10 Å². The first-order valence-corrected chi connectivity index (χ1v) is 5.73. The molecule has 0 fully saturated rings. The summed E-state index contributed by atoms with van der Waals surface area (Å²) in [5, 5.41) is 4.92. The van der Waals surface area contributed by atoms with Crippen molar-refractivity contribution in [2.24, 2.45) is 7.05 Å². The zero-order chi connectivity index (χ0) is 13.1. The molecule has 0 amide bonds. The number of methoxy groups -OCH3 is 1. The van der Waals surface area contributed by atoms with Gasteiger partial charge in [0.15, 0.2) is 5.65 Å². The maximum atomic E-state index is 5.90. The smallest absolute Gasteiger partial charge is 0.163 e. The molecule has 0 atom stereocenters. The van der Waals surface area contributed by atoms with Gasteiger partial charge >= 0.3 is 0 Å². The molecule has 2 aromatic rings. The van der Waals surface area contributed by atoms with Gasteiger partial charge in [0.1, 0.15) is 11.6 Å². The minimum atomic E-state index is 0.475. The second-order valence-corrected chi connectivity index (χ2v) is 4.26. The molecule has 2 rings (SSSR count). The number of aromatic nitrogens is 4. The van der Waals surface area contributed by atoms with Crippen LogP contribution in [-0.4, -0.2) is 52.0 Å². The predicted octanol–water partition coefficient (Wildman–Crippen LogP) is 0.0237. The molecule has 0 aliphatic heterocycles. The number of anilines is 1. The molecule has 0 radical (unpaired) electrons. The first-order valence-electron chi connectivity index (χ1n) is 5.73. The van der Waals surface area contributed by atoms with Gasteiger partial charge in [0, 0.05) is 20.7 Å². The SMILES string of the molecule is COCCN(C)Cc1nc(N)c2cnn(C)c2n1. The summed E-state index contributed by atoms with van der Waals surface area (Å²) in [4.78, 5) is 10.8. The molecule has 98 valence electrons. The molecule has 0 bridgehead atoms. The van der Waals surface area contributed by atoms with Crippen LogP contribution in [0.2, 0.25) is 0 Å². The highest BCUT2D eigenvalue weighted by molar-refractivity contribution is 5.84. The number of hydrogen-bond donors (Lipinski definition) is 1. The third-order valence-corrected chi connectivity index (χ3v) is 2.76. The van der Waals surface area contributed by atoms with Crippen LogP contribution in [0, 0.1) is 0 Å². The van der Waals surface area contributed by atoms with Crippen molar-refractivity contribution in [2.45, 2.75) is 6.54 Å². The van der Waals surface area contributed by atoms with E-state index in [1.165, 1.54) is 0 Å². The second-order valence-electron chi connectivity index (χ2n) is 4.26. The van der Waals surface area contributed by atoms with Gasteiger partial charge in [-0.3, -0.25) is 9.58 Å². The van der Waals surface area contributed by atoms with Crippen LogP contribution in [0.3, 0.4) is 0 Å². The van der Waals surface area contributed by atoms with E-state index in [0.717, 1.165) is 17.6 Å². The van der Waals surface area contributed by atoms with Gasteiger partial charge in [0.25, 0.3) is 0 Å². The fourth-order valence-electron chi connectivity index (χ4n) is 1.73. The summed E-state index contributed by atoms with van der Waals surface area (Å²) in [6, 6.07) is 0. The lowest BCUT2D eigenvalue weighted by molar-refractivity contribution is 0.157. The molecule has 2 aromatic heterocycles. The monoisotopic (exact) mass is 250 g/mol. The number of hydrogen-bond acceptors (Lipinski definition) is 6. The topological polar surface area (TPSA) is 82.1 Å². The van der Waals surface area contributed by atoms with E-state index in [1.807, 2.05) is 14.1 Å². The van der Waals surface area contributed by atoms with Gasteiger partial charge < -0.3 is 10.5 Å². The molecule has 2 N–H and O–H groups in total. The van der Waals surface area contributed by atoms with E-state index in [0.29, 0.717) is 24.8 Å². The van der Waals surface area contributed by atoms with Crippen molar-refractivity contribution in [2.75, 3.05) is 33.0 Å². The molecular weight excluding hydrogens is 232 g/mol. The maximum Gasteiger partial charge on any atom is 0.163 e. The molecular formula is C11H18N6O. The molecule has 0 spiro atoms. The van der Waals surface area contributed by atoms with Crippen LogP contribution in [0.1, 0.15) is 5.82 Å². The zero-order valence-corrected chi connectivity index (χ0v) is 10.9. The van der Waals surface area contributed by atoms with Gasteiger partial charge in [-0.05, 0) is 7.05 Å². The summed E-state index contributed by atoms with van der Waals surface area (Å²) < 4.78 is 6.73. The largest absolute Gasteiger partial charge is 0.383 e. The van der Waals surface area contributed by atoms with E-state index in [1.54, 1.807) is 18.0 Å². The Morgan fingerprint density at radius 3 is 2.94 bits per heavy atom. The van der Waals surface area contributed by atoms with E-state index in [-0.39, 0.29) is 0 Å². The Labute approximate surface area is 106 Å². The lowest BCUT2D eigenvalue weighted by Crippen LogP contribution is -2.23. The summed E-state index contributed by atoms with van der Waals surface area (Å²) >= 11 is 0. The molecule has 0 aliphatic rings. The number of ether oxygens (including phenoxy) is 1. The van der Waals surface area contributed by atoms with Crippen LogP contribution in [0.25, 0.3) is 11.0 Å². The van der Waals surface area contributed by atoms with Crippen LogP contribution in [-0.2, 0) is 18.3 Å². The zero-order valence-electron chi connectivity index (χ0n) is 10.9. The van der Waals surface area contributed by atoms with Crippen LogP contribution >= 0.6 is 0 Å². The molecule has 0 aliphatic carbocycles. The van der Waals surface area contributed by atoms with Crippen molar-refractivity contribution in [3.05, 3.63) is 12.0 Å². The number of aryl methyl sites for hydroxylation is 1. The van der Waals surface area contributed by atoms with Crippen molar-refractivity contribution in [1.29, 1.82) is 0 Å². The standard InChI is InChI=1S/C11H18N6O/c1-16(4-5-18-3)7-9-14-10(12)8-6-13-17(2)11(8)15-9/h6H,4-5,7H2,1-3H3,(H2,12,14,15).